The van der Waals surface area contributed by atoms with Gasteiger partial charge in [-0.1, -0.05) is 17.8 Å². The summed E-state index contributed by atoms with van der Waals surface area (Å²) in [5, 5.41) is 0.598. The maximum Gasteiger partial charge on any atom is 0.338 e. The molecule has 0 saturated carbocycles. The van der Waals surface area contributed by atoms with Gasteiger partial charge in [-0.15, -0.1) is 0 Å². The monoisotopic (exact) mass is 376 g/mol. The minimum Gasteiger partial charge on any atom is -0.493 e. The molecule has 2 aliphatic heterocycles. The summed E-state index contributed by atoms with van der Waals surface area (Å²) >= 11 is 1.37. The molecule has 0 N–H and O–H groups in total. The zero-order chi connectivity index (χ0) is 18.8. The van der Waals surface area contributed by atoms with Gasteiger partial charge in [0, 0.05) is 0 Å². The zero-order valence-corrected chi connectivity index (χ0v) is 15.9. The van der Waals surface area contributed by atoms with Crippen molar-refractivity contribution in [3.63, 3.8) is 0 Å². The average Bonchev–Trinajstić information content (AvgIpc) is 3.00. The molecule has 2 heterocycles. The van der Waals surface area contributed by atoms with Gasteiger partial charge in [-0.05, 0) is 31.5 Å². The maximum absolute atomic E-state index is 12.6. The van der Waals surface area contributed by atoms with Crippen LogP contribution in [0.4, 0.5) is 0 Å². The van der Waals surface area contributed by atoms with Crippen LogP contribution >= 0.6 is 11.8 Å². The van der Waals surface area contributed by atoms with Crippen LogP contribution in [-0.2, 0) is 14.3 Å². The Morgan fingerprint density at radius 1 is 1.31 bits per heavy atom. The van der Waals surface area contributed by atoms with E-state index in [2.05, 4.69) is 4.99 Å². The van der Waals surface area contributed by atoms with E-state index in [-0.39, 0.29) is 12.5 Å². The van der Waals surface area contributed by atoms with Crippen molar-refractivity contribution in [3.05, 3.63) is 35.0 Å². The van der Waals surface area contributed by atoms with Crippen molar-refractivity contribution < 1.29 is 23.8 Å². The molecule has 1 saturated heterocycles. The topological polar surface area (TPSA) is 77.4 Å². The summed E-state index contributed by atoms with van der Waals surface area (Å²) < 4.78 is 15.9. The Kier molecular flexibility index (Phi) is 5.22. The number of carbonyl (C=O) groups excluding carboxylic acids is 2. The van der Waals surface area contributed by atoms with Crippen LogP contribution in [0.2, 0.25) is 0 Å². The lowest BCUT2D eigenvalue weighted by Crippen LogP contribution is -2.39. The Morgan fingerprint density at radius 3 is 2.69 bits per heavy atom. The minimum absolute atomic E-state index is 0.0946. The Labute approximate surface area is 156 Å². The fourth-order valence-electron chi connectivity index (χ4n) is 3.05. The molecular formula is C18H20N2O5S. The third-order valence-electron chi connectivity index (χ3n) is 4.20. The van der Waals surface area contributed by atoms with Crippen LogP contribution in [0.1, 0.15) is 25.5 Å². The number of thioether (sulfide) groups is 1. The Morgan fingerprint density at radius 2 is 2.04 bits per heavy atom. The number of fused-ring (bicyclic) bond motifs is 1. The number of aliphatic imine (C=N–C) groups is 1. The normalized spacial score (nSPS) is 19.2. The number of nitrogens with zero attached hydrogens (tertiary/aromatic N) is 2. The summed E-state index contributed by atoms with van der Waals surface area (Å²) in [5.74, 6) is 0.822. The summed E-state index contributed by atoms with van der Waals surface area (Å²) in [5.41, 5.74) is 1.64. The molecule has 0 aromatic heterocycles. The molecule has 1 amide bonds. The predicted molar refractivity (Wildman–Crippen MR) is 98.4 cm³/mol. The van der Waals surface area contributed by atoms with Gasteiger partial charge in [-0.2, -0.15) is 0 Å². The summed E-state index contributed by atoms with van der Waals surface area (Å²) in [6, 6.07) is 4.74. The number of hydrogen-bond acceptors (Lipinski definition) is 7. The van der Waals surface area contributed by atoms with Crippen molar-refractivity contribution in [2.45, 2.75) is 19.9 Å². The summed E-state index contributed by atoms with van der Waals surface area (Å²) in [7, 11) is 3.09. The number of methoxy groups -OCH3 is 2. The van der Waals surface area contributed by atoms with Crippen LogP contribution in [-0.4, -0.2) is 48.5 Å². The van der Waals surface area contributed by atoms with Gasteiger partial charge in [0.25, 0.3) is 0 Å². The molecule has 1 fully saturated rings. The van der Waals surface area contributed by atoms with Crippen LogP contribution < -0.4 is 9.47 Å². The lowest BCUT2D eigenvalue weighted by atomic mass is 9.94. The van der Waals surface area contributed by atoms with Crippen LogP contribution in [0.3, 0.4) is 0 Å². The minimum atomic E-state index is -0.608. The van der Waals surface area contributed by atoms with Crippen molar-refractivity contribution in [1.29, 1.82) is 0 Å². The van der Waals surface area contributed by atoms with Gasteiger partial charge in [0.1, 0.15) is 0 Å². The number of esters is 1. The van der Waals surface area contributed by atoms with Gasteiger partial charge in [0.05, 0.1) is 43.9 Å². The van der Waals surface area contributed by atoms with Crippen molar-refractivity contribution in [3.8, 4) is 11.5 Å². The van der Waals surface area contributed by atoms with Crippen molar-refractivity contribution in [1.82, 2.24) is 4.90 Å². The molecule has 138 valence electrons. The highest BCUT2D eigenvalue weighted by Crippen LogP contribution is 2.43. The molecule has 3 rings (SSSR count). The van der Waals surface area contributed by atoms with Crippen molar-refractivity contribution in [2.24, 2.45) is 4.99 Å². The van der Waals surface area contributed by atoms with E-state index in [4.69, 9.17) is 14.2 Å². The Balaban J connectivity index is 2.15. The molecule has 1 atom stereocenters. The van der Waals surface area contributed by atoms with Crippen LogP contribution in [0.25, 0.3) is 0 Å². The second kappa shape index (κ2) is 7.41. The number of amides is 1. The van der Waals surface area contributed by atoms with E-state index in [1.807, 2.05) is 6.07 Å². The quantitative estimate of drug-likeness (QED) is 0.735. The molecule has 0 spiro atoms. The number of allylic oxidation sites excluding steroid dienone is 1. The number of ether oxygens (including phenoxy) is 3. The molecule has 1 aromatic carbocycles. The van der Waals surface area contributed by atoms with E-state index in [0.717, 1.165) is 5.56 Å². The predicted octanol–water partition coefficient (Wildman–Crippen LogP) is 2.53. The Hall–Kier alpha value is -2.48. The van der Waals surface area contributed by atoms with E-state index in [9.17, 15) is 9.59 Å². The van der Waals surface area contributed by atoms with Crippen molar-refractivity contribution in [2.75, 3.05) is 26.6 Å². The third kappa shape index (κ3) is 3.05. The van der Waals surface area contributed by atoms with Crippen LogP contribution in [0, 0.1) is 0 Å². The number of amidine groups is 1. The van der Waals surface area contributed by atoms with E-state index in [0.29, 0.717) is 33.7 Å². The number of benzene rings is 1. The molecule has 7 nitrogen and oxygen atoms in total. The Bertz CT molecular complexity index is 818. The van der Waals surface area contributed by atoms with E-state index >= 15 is 0 Å². The molecule has 0 aliphatic carbocycles. The lowest BCUT2D eigenvalue weighted by molar-refractivity contribution is -0.139. The smallest absolute Gasteiger partial charge is 0.338 e. The van der Waals surface area contributed by atoms with Gasteiger partial charge in [-0.3, -0.25) is 9.69 Å². The summed E-state index contributed by atoms with van der Waals surface area (Å²) in [6.45, 7) is 3.74. The molecule has 2 aliphatic rings. The number of hydrogen-bond donors (Lipinski definition) is 0. The first kappa shape index (κ1) is 18.3. The molecule has 0 unspecified atom stereocenters. The van der Waals surface area contributed by atoms with E-state index in [1.54, 1.807) is 45.1 Å². The molecular weight excluding hydrogens is 356 g/mol. The number of carbonyl (C=O) groups is 2. The van der Waals surface area contributed by atoms with Crippen LogP contribution in [0.5, 0.6) is 11.5 Å². The van der Waals surface area contributed by atoms with Gasteiger partial charge in [0.2, 0.25) is 5.91 Å². The van der Waals surface area contributed by atoms with Crippen molar-refractivity contribution >= 4 is 28.8 Å². The fourth-order valence-corrected chi connectivity index (χ4v) is 3.99. The molecule has 8 heteroatoms. The highest BCUT2D eigenvalue weighted by atomic mass is 32.2. The first-order chi connectivity index (χ1) is 12.5. The first-order valence-electron chi connectivity index (χ1n) is 8.15. The standard InChI is InChI=1S/C18H20N2O5S/c1-5-25-17(22)15-10(2)19-18-20(14(21)9-26-18)16(15)11-6-7-12(23-3)13(8-11)24-4/h6-8,16H,5,9H2,1-4H3/t16-/m1/s1. The first-order valence-corrected chi connectivity index (χ1v) is 9.13. The van der Waals surface area contributed by atoms with Crippen LogP contribution in [0.15, 0.2) is 34.5 Å². The maximum atomic E-state index is 12.6. The summed E-state index contributed by atoms with van der Waals surface area (Å²) in [6.07, 6.45) is 0. The van der Waals surface area contributed by atoms with Gasteiger partial charge < -0.3 is 14.2 Å². The largest absolute Gasteiger partial charge is 0.493 e. The fraction of sp³-hybridized carbons (Fsp3) is 0.389. The summed E-state index contributed by atoms with van der Waals surface area (Å²) in [4.78, 5) is 31.1. The second-order valence-electron chi connectivity index (χ2n) is 5.68. The van der Waals surface area contributed by atoms with E-state index in [1.165, 1.54) is 11.8 Å². The van der Waals surface area contributed by atoms with Gasteiger partial charge in [0.15, 0.2) is 16.7 Å². The zero-order valence-electron chi connectivity index (χ0n) is 15.1. The highest BCUT2D eigenvalue weighted by molar-refractivity contribution is 8.15. The second-order valence-corrected chi connectivity index (χ2v) is 6.63. The lowest BCUT2D eigenvalue weighted by Gasteiger charge is -2.33. The number of rotatable bonds is 5. The van der Waals surface area contributed by atoms with Gasteiger partial charge in [-0.25, -0.2) is 9.79 Å². The SMILES string of the molecule is CCOC(=O)C1=C(C)N=C2SCC(=O)N2[C@@H]1c1ccc(OC)c(OC)c1. The van der Waals surface area contributed by atoms with E-state index < -0.39 is 12.0 Å². The molecule has 1 aromatic rings. The molecule has 0 radical (unpaired) electrons. The molecule has 0 bridgehead atoms. The highest BCUT2D eigenvalue weighted by Gasteiger charge is 2.43. The average molecular weight is 376 g/mol. The third-order valence-corrected chi connectivity index (χ3v) is 5.14. The van der Waals surface area contributed by atoms with Gasteiger partial charge >= 0.3 is 5.97 Å². The molecule has 26 heavy (non-hydrogen) atoms.